The van der Waals surface area contributed by atoms with Crippen LogP contribution >= 0.6 is 0 Å². The normalized spacial score (nSPS) is 20.8. The fourth-order valence-corrected chi connectivity index (χ4v) is 3.26. The van der Waals surface area contributed by atoms with Crippen molar-refractivity contribution in [1.82, 2.24) is 9.97 Å². The molecule has 1 atom stereocenters. The summed E-state index contributed by atoms with van der Waals surface area (Å²) >= 11 is 0. The van der Waals surface area contributed by atoms with E-state index in [1.807, 2.05) is 4.90 Å². The number of nitrogen functional groups attached to an aromatic ring is 1. The fraction of sp³-hybridized carbons (Fsp3) is 0.353. The maximum absolute atomic E-state index is 14.0. The molecular formula is C17H19FN4O2. The van der Waals surface area contributed by atoms with Crippen molar-refractivity contribution in [2.45, 2.75) is 19.3 Å². The van der Waals surface area contributed by atoms with E-state index in [-0.39, 0.29) is 18.8 Å². The lowest BCUT2D eigenvalue weighted by atomic mass is 9.75. The molecule has 1 unspecified atom stereocenters. The van der Waals surface area contributed by atoms with Gasteiger partial charge in [-0.2, -0.15) is 0 Å². The number of rotatable bonds is 4. The molecule has 0 aliphatic carbocycles. The van der Waals surface area contributed by atoms with Gasteiger partial charge < -0.3 is 15.7 Å². The van der Waals surface area contributed by atoms with E-state index in [0.29, 0.717) is 36.6 Å². The van der Waals surface area contributed by atoms with Gasteiger partial charge in [0.15, 0.2) is 0 Å². The minimum atomic E-state index is -1.06. The molecule has 1 aliphatic rings. The highest BCUT2D eigenvalue weighted by atomic mass is 19.1. The van der Waals surface area contributed by atoms with Gasteiger partial charge in [0.25, 0.3) is 0 Å². The summed E-state index contributed by atoms with van der Waals surface area (Å²) in [4.78, 5) is 22.0. The molecular weight excluding hydrogens is 311 g/mol. The maximum Gasteiger partial charge on any atom is 0.311 e. The predicted octanol–water partition coefficient (Wildman–Crippen LogP) is 2.11. The average molecular weight is 330 g/mol. The molecule has 1 aromatic heterocycles. The molecule has 6 nitrogen and oxygen atoms in total. The number of carboxylic acid groups (broad SMARTS) is 1. The van der Waals surface area contributed by atoms with Crippen LogP contribution in [0.4, 0.5) is 16.0 Å². The number of piperidine rings is 1. The van der Waals surface area contributed by atoms with E-state index in [9.17, 15) is 14.3 Å². The molecule has 1 saturated heterocycles. The van der Waals surface area contributed by atoms with Crippen LogP contribution in [0.1, 0.15) is 18.4 Å². The number of hydrogen-bond acceptors (Lipinski definition) is 5. The van der Waals surface area contributed by atoms with Gasteiger partial charge in [-0.05, 0) is 30.9 Å². The molecule has 0 radical (unpaired) electrons. The number of nitrogens with two attached hydrogens (primary N) is 1. The summed E-state index contributed by atoms with van der Waals surface area (Å²) < 4.78 is 14.0. The molecule has 2 aromatic rings. The average Bonchev–Trinajstić information content (AvgIpc) is 2.57. The molecule has 1 aliphatic heterocycles. The van der Waals surface area contributed by atoms with E-state index in [1.54, 1.807) is 24.3 Å². The highest BCUT2D eigenvalue weighted by Gasteiger charge is 2.43. The van der Waals surface area contributed by atoms with E-state index in [2.05, 4.69) is 9.97 Å². The van der Waals surface area contributed by atoms with Gasteiger partial charge in [-0.1, -0.05) is 18.2 Å². The van der Waals surface area contributed by atoms with E-state index in [0.717, 1.165) is 0 Å². The van der Waals surface area contributed by atoms with Crippen molar-refractivity contribution in [3.8, 4) is 0 Å². The quantitative estimate of drug-likeness (QED) is 0.892. The molecule has 24 heavy (non-hydrogen) atoms. The zero-order valence-corrected chi connectivity index (χ0v) is 13.2. The zero-order valence-electron chi connectivity index (χ0n) is 13.2. The van der Waals surface area contributed by atoms with Gasteiger partial charge in [-0.25, -0.2) is 14.4 Å². The van der Waals surface area contributed by atoms with Crippen LogP contribution in [0.3, 0.4) is 0 Å². The maximum atomic E-state index is 14.0. The molecule has 0 saturated carbocycles. The third-order valence-corrected chi connectivity index (χ3v) is 4.52. The first-order valence-electron chi connectivity index (χ1n) is 7.79. The SMILES string of the molecule is Nc1cc(N2CCCC(Cc3ccccc3F)(C(=O)O)C2)ncn1. The van der Waals surface area contributed by atoms with Crippen molar-refractivity contribution in [1.29, 1.82) is 0 Å². The monoisotopic (exact) mass is 330 g/mol. The Morgan fingerprint density at radius 3 is 2.88 bits per heavy atom. The topological polar surface area (TPSA) is 92.3 Å². The molecule has 0 bridgehead atoms. The fourth-order valence-electron chi connectivity index (χ4n) is 3.26. The first-order chi connectivity index (χ1) is 11.5. The number of hydrogen-bond donors (Lipinski definition) is 2. The largest absolute Gasteiger partial charge is 0.481 e. The zero-order chi connectivity index (χ0) is 17.2. The minimum absolute atomic E-state index is 0.145. The van der Waals surface area contributed by atoms with Gasteiger partial charge in [0.05, 0.1) is 5.41 Å². The molecule has 2 heterocycles. The highest BCUT2D eigenvalue weighted by molar-refractivity contribution is 5.76. The summed E-state index contributed by atoms with van der Waals surface area (Å²) in [7, 11) is 0. The number of carbonyl (C=O) groups is 1. The molecule has 126 valence electrons. The lowest BCUT2D eigenvalue weighted by molar-refractivity contribution is -0.149. The molecule has 3 N–H and O–H groups in total. The second-order valence-corrected chi connectivity index (χ2v) is 6.18. The third kappa shape index (κ3) is 3.15. The van der Waals surface area contributed by atoms with Crippen LogP contribution in [-0.4, -0.2) is 34.1 Å². The summed E-state index contributed by atoms with van der Waals surface area (Å²) in [6.07, 6.45) is 2.68. The van der Waals surface area contributed by atoms with Crippen LogP contribution in [0.5, 0.6) is 0 Å². The summed E-state index contributed by atoms with van der Waals surface area (Å²) in [5.41, 5.74) is 5.06. The summed E-state index contributed by atoms with van der Waals surface area (Å²) in [6, 6.07) is 7.95. The number of benzene rings is 1. The van der Waals surface area contributed by atoms with Crippen molar-refractivity contribution in [3.05, 3.63) is 48.0 Å². The second-order valence-electron chi connectivity index (χ2n) is 6.18. The lowest BCUT2D eigenvalue weighted by Gasteiger charge is -2.40. The van der Waals surface area contributed by atoms with Crippen LogP contribution < -0.4 is 10.6 Å². The number of halogens is 1. The number of nitrogens with zero attached hydrogens (tertiary/aromatic N) is 3. The van der Waals surface area contributed by atoms with Crippen molar-refractivity contribution in [2.75, 3.05) is 23.7 Å². The van der Waals surface area contributed by atoms with Crippen LogP contribution in [-0.2, 0) is 11.2 Å². The third-order valence-electron chi connectivity index (χ3n) is 4.52. The Balaban J connectivity index is 1.90. The number of aromatic nitrogens is 2. The van der Waals surface area contributed by atoms with E-state index >= 15 is 0 Å². The Kier molecular flexibility index (Phi) is 4.33. The van der Waals surface area contributed by atoms with Crippen LogP contribution in [0.25, 0.3) is 0 Å². The minimum Gasteiger partial charge on any atom is -0.481 e. The van der Waals surface area contributed by atoms with E-state index in [4.69, 9.17) is 5.73 Å². The first-order valence-corrected chi connectivity index (χ1v) is 7.79. The molecule has 3 rings (SSSR count). The van der Waals surface area contributed by atoms with Gasteiger partial charge in [0, 0.05) is 19.2 Å². The van der Waals surface area contributed by atoms with Gasteiger partial charge in [0.1, 0.15) is 23.8 Å². The van der Waals surface area contributed by atoms with Gasteiger partial charge in [-0.3, -0.25) is 4.79 Å². The van der Waals surface area contributed by atoms with E-state index < -0.39 is 11.4 Å². The van der Waals surface area contributed by atoms with Gasteiger partial charge >= 0.3 is 5.97 Å². The summed E-state index contributed by atoms with van der Waals surface area (Å²) in [6.45, 7) is 0.940. The second kappa shape index (κ2) is 6.43. The Labute approximate surface area is 139 Å². The Morgan fingerprint density at radius 1 is 1.38 bits per heavy atom. The molecule has 0 amide bonds. The Bertz CT molecular complexity index is 755. The van der Waals surface area contributed by atoms with Crippen LogP contribution in [0.2, 0.25) is 0 Å². The van der Waals surface area contributed by atoms with Crippen molar-refractivity contribution in [3.63, 3.8) is 0 Å². The van der Waals surface area contributed by atoms with E-state index in [1.165, 1.54) is 12.4 Å². The number of carboxylic acids is 1. The first kappa shape index (κ1) is 16.2. The summed E-state index contributed by atoms with van der Waals surface area (Å²) in [5, 5.41) is 9.85. The van der Waals surface area contributed by atoms with Crippen molar-refractivity contribution >= 4 is 17.6 Å². The smallest absolute Gasteiger partial charge is 0.311 e. The summed E-state index contributed by atoms with van der Waals surface area (Å²) in [5.74, 6) is -0.360. The molecule has 7 heteroatoms. The van der Waals surface area contributed by atoms with Crippen LogP contribution in [0, 0.1) is 11.2 Å². The molecule has 1 fully saturated rings. The van der Waals surface area contributed by atoms with Gasteiger partial charge in [0.2, 0.25) is 0 Å². The molecule has 0 spiro atoms. The van der Waals surface area contributed by atoms with Crippen LogP contribution in [0.15, 0.2) is 36.7 Å². The Hall–Kier alpha value is -2.70. The molecule has 1 aromatic carbocycles. The van der Waals surface area contributed by atoms with Crippen molar-refractivity contribution in [2.24, 2.45) is 5.41 Å². The predicted molar refractivity (Wildman–Crippen MR) is 88.1 cm³/mol. The number of anilines is 2. The Morgan fingerprint density at radius 2 is 2.17 bits per heavy atom. The highest BCUT2D eigenvalue weighted by Crippen LogP contribution is 2.36. The van der Waals surface area contributed by atoms with Crippen molar-refractivity contribution < 1.29 is 14.3 Å². The lowest BCUT2D eigenvalue weighted by Crippen LogP contribution is -2.49. The number of aliphatic carboxylic acids is 1. The standard InChI is InChI=1S/C17H19FN4O2/c18-13-5-2-1-4-12(13)9-17(16(23)24)6-3-7-22(10-17)15-8-14(19)20-11-21-15/h1-2,4-5,8,11H,3,6-7,9-10H2,(H,23,24)(H2,19,20,21). The van der Waals surface area contributed by atoms with Gasteiger partial charge in [-0.15, -0.1) is 0 Å².